The summed E-state index contributed by atoms with van der Waals surface area (Å²) in [6.45, 7) is 0.807. The van der Waals surface area contributed by atoms with Crippen molar-refractivity contribution in [3.05, 3.63) is 46.2 Å². The predicted molar refractivity (Wildman–Crippen MR) is 85.0 cm³/mol. The summed E-state index contributed by atoms with van der Waals surface area (Å²) in [6.07, 6.45) is 4.48. The summed E-state index contributed by atoms with van der Waals surface area (Å²) in [7, 11) is 3.74. The molecular formula is C14H16Cl2N4. The number of hydrogen-bond donors (Lipinski definition) is 1. The first-order valence-electron chi connectivity index (χ1n) is 6.25. The fraction of sp³-hybridized carbons (Fsp3) is 0.286. The van der Waals surface area contributed by atoms with E-state index in [-0.39, 0.29) is 0 Å². The van der Waals surface area contributed by atoms with Crippen molar-refractivity contribution in [2.45, 2.75) is 6.42 Å². The molecule has 0 spiro atoms. The molecule has 4 nitrogen and oxygen atoms in total. The zero-order valence-electron chi connectivity index (χ0n) is 11.4. The molecule has 0 radical (unpaired) electrons. The summed E-state index contributed by atoms with van der Waals surface area (Å²) in [5.74, 6) is 1.34. The Hall–Kier alpha value is -1.52. The highest BCUT2D eigenvalue weighted by atomic mass is 35.5. The quantitative estimate of drug-likeness (QED) is 0.917. The normalized spacial score (nSPS) is 10.4. The van der Waals surface area contributed by atoms with Crippen LogP contribution in [-0.2, 0) is 6.42 Å². The van der Waals surface area contributed by atoms with Crippen LogP contribution in [0.1, 0.15) is 5.56 Å². The molecule has 6 heteroatoms. The number of aromatic nitrogens is 2. The molecule has 0 saturated heterocycles. The van der Waals surface area contributed by atoms with Crippen LogP contribution in [-0.4, -0.2) is 30.6 Å². The second-order valence-electron chi connectivity index (χ2n) is 4.40. The van der Waals surface area contributed by atoms with Gasteiger partial charge in [0.1, 0.15) is 11.6 Å². The summed E-state index contributed by atoms with van der Waals surface area (Å²) >= 11 is 12.3. The van der Waals surface area contributed by atoms with Gasteiger partial charge in [-0.1, -0.05) is 23.2 Å². The molecule has 0 bridgehead atoms. The van der Waals surface area contributed by atoms with E-state index in [0.717, 1.165) is 18.8 Å². The topological polar surface area (TPSA) is 41.1 Å². The average Bonchev–Trinajstić information content (AvgIpc) is 2.46. The largest absolute Gasteiger partial charge is 0.372 e. The molecule has 0 aromatic carbocycles. The molecule has 2 aromatic heterocycles. The van der Waals surface area contributed by atoms with E-state index in [2.05, 4.69) is 15.3 Å². The van der Waals surface area contributed by atoms with Crippen LogP contribution < -0.4 is 10.2 Å². The highest BCUT2D eigenvalue weighted by Crippen LogP contribution is 2.30. The number of anilines is 2. The van der Waals surface area contributed by atoms with Gasteiger partial charge in [-0.15, -0.1) is 0 Å². The maximum Gasteiger partial charge on any atom is 0.149 e. The number of pyridine rings is 2. The number of halogens is 2. The monoisotopic (exact) mass is 310 g/mol. The zero-order valence-corrected chi connectivity index (χ0v) is 12.9. The van der Waals surface area contributed by atoms with Gasteiger partial charge in [0.15, 0.2) is 0 Å². The molecule has 0 amide bonds. The third-order valence-electron chi connectivity index (χ3n) is 2.99. The molecule has 2 aromatic rings. The van der Waals surface area contributed by atoms with E-state index in [0.29, 0.717) is 15.9 Å². The van der Waals surface area contributed by atoms with E-state index < -0.39 is 0 Å². The molecule has 0 fully saturated rings. The lowest BCUT2D eigenvalue weighted by atomic mass is 10.2. The SMILES string of the molecule is CNc1nc(N(C)CCc2ccncc2)c(Cl)cc1Cl. The Morgan fingerprint density at radius 2 is 1.90 bits per heavy atom. The molecule has 0 atom stereocenters. The van der Waals surface area contributed by atoms with Crippen LogP contribution in [0.2, 0.25) is 10.0 Å². The number of nitrogens with zero attached hydrogens (tertiary/aromatic N) is 3. The van der Waals surface area contributed by atoms with Crippen LogP contribution in [0.3, 0.4) is 0 Å². The Morgan fingerprint density at radius 1 is 1.20 bits per heavy atom. The van der Waals surface area contributed by atoms with Crippen LogP contribution in [0.15, 0.2) is 30.6 Å². The van der Waals surface area contributed by atoms with Gasteiger partial charge in [0, 0.05) is 33.0 Å². The lowest BCUT2D eigenvalue weighted by molar-refractivity contribution is 0.859. The molecule has 2 heterocycles. The van der Waals surface area contributed by atoms with E-state index in [1.165, 1.54) is 5.56 Å². The van der Waals surface area contributed by atoms with Gasteiger partial charge in [-0.05, 0) is 30.2 Å². The van der Waals surface area contributed by atoms with Crippen molar-refractivity contribution < 1.29 is 0 Å². The van der Waals surface area contributed by atoms with Crippen molar-refractivity contribution >= 4 is 34.8 Å². The second-order valence-corrected chi connectivity index (χ2v) is 5.22. The van der Waals surface area contributed by atoms with Crippen molar-refractivity contribution in [1.82, 2.24) is 9.97 Å². The first-order valence-corrected chi connectivity index (χ1v) is 7.01. The third kappa shape index (κ3) is 3.52. The maximum atomic E-state index is 6.21. The molecule has 20 heavy (non-hydrogen) atoms. The molecule has 0 aliphatic carbocycles. The van der Waals surface area contributed by atoms with Gasteiger partial charge < -0.3 is 10.2 Å². The van der Waals surface area contributed by atoms with Crippen LogP contribution in [0.25, 0.3) is 0 Å². The summed E-state index contributed by atoms with van der Waals surface area (Å²) in [5, 5.41) is 4.02. The molecular weight excluding hydrogens is 295 g/mol. The zero-order chi connectivity index (χ0) is 14.5. The number of nitrogens with one attached hydrogen (secondary N) is 1. The van der Waals surface area contributed by atoms with Gasteiger partial charge in [0.05, 0.1) is 10.0 Å². The first-order chi connectivity index (χ1) is 9.61. The molecule has 106 valence electrons. The molecule has 2 rings (SSSR count). The van der Waals surface area contributed by atoms with E-state index in [4.69, 9.17) is 23.2 Å². The average molecular weight is 311 g/mol. The number of likely N-dealkylation sites (N-methyl/N-ethyl adjacent to an activating group) is 1. The van der Waals surface area contributed by atoms with Crippen molar-refractivity contribution in [3.8, 4) is 0 Å². The van der Waals surface area contributed by atoms with Crippen LogP contribution >= 0.6 is 23.2 Å². The van der Waals surface area contributed by atoms with Crippen molar-refractivity contribution in [2.75, 3.05) is 30.9 Å². The molecule has 1 N–H and O–H groups in total. The summed E-state index contributed by atoms with van der Waals surface area (Å²) < 4.78 is 0. The fourth-order valence-electron chi connectivity index (χ4n) is 1.85. The van der Waals surface area contributed by atoms with Gasteiger partial charge in [-0.25, -0.2) is 4.98 Å². The highest BCUT2D eigenvalue weighted by molar-refractivity contribution is 6.37. The van der Waals surface area contributed by atoms with Gasteiger partial charge in [-0.3, -0.25) is 4.98 Å². The van der Waals surface area contributed by atoms with E-state index in [1.54, 1.807) is 25.5 Å². The lowest BCUT2D eigenvalue weighted by Crippen LogP contribution is -2.22. The Kier molecular flexibility index (Phi) is 5.04. The maximum absolute atomic E-state index is 6.21. The van der Waals surface area contributed by atoms with E-state index in [1.807, 2.05) is 24.1 Å². The Labute approximate surface area is 128 Å². The van der Waals surface area contributed by atoms with Crippen LogP contribution in [0, 0.1) is 0 Å². The Balaban J connectivity index is 2.11. The van der Waals surface area contributed by atoms with Gasteiger partial charge >= 0.3 is 0 Å². The fourth-order valence-corrected chi connectivity index (χ4v) is 2.45. The predicted octanol–water partition coefficient (Wildman–Crippen LogP) is 3.50. The van der Waals surface area contributed by atoms with Crippen LogP contribution in [0.4, 0.5) is 11.6 Å². The minimum atomic E-state index is 0.517. The summed E-state index contributed by atoms with van der Waals surface area (Å²) in [6, 6.07) is 5.72. The van der Waals surface area contributed by atoms with Crippen molar-refractivity contribution in [3.63, 3.8) is 0 Å². The highest BCUT2D eigenvalue weighted by Gasteiger charge is 2.12. The Morgan fingerprint density at radius 3 is 2.55 bits per heavy atom. The van der Waals surface area contributed by atoms with Crippen LogP contribution in [0.5, 0.6) is 0 Å². The minimum absolute atomic E-state index is 0.517. The third-order valence-corrected chi connectivity index (χ3v) is 3.56. The first kappa shape index (κ1) is 14.9. The summed E-state index contributed by atoms with van der Waals surface area (Å²) in [4.78, 5) is 10.5. The smallest absolute Gasteiger partial charge is 0.149 e. The van der Waals surface area contributed by atoms with Gasteiger partial charge in [0.25, 0.3) is 0 Å². The van der Waals surface area contributed by atoms with Gasteiger partial charge in [0.2, 0.25) is 0 Å². The number of rotatable bonds is 5. The minimum Gasteiger partial charge on any atom is -0.372 e. The number of hydrogen-bond acceptors (Lipinski definition) is 4. The van der Waals surface area contributed by atoms with Gasteiger partial charge in [-0.2, -0.15) is 0 Å². The van der Waals surface area contributed by atoms with E-state index in [9.17, 15) is 0 Å². The second kappa shape index (κ2) is 6.77. The standard InChI is InChI=1S/C14H16Cl2N4/c1-17-13-11(15)9-12(16)14(19-13)20(2)8-5-10-3-6-18-7-4-10/h3-4,6-7,9H,5,8H2,1-2H3,(H,17,19). The molecule has 0 aliphatic heterocycles. The lowest BCUT2D eigenvalue weighted by Gasteiger charge is -2.20. The molecule has 0 unspecified atom stereocenters. The summed E-state index contributed by atoms with van der Waals surface area (Å²) in [5.41, 5.74) is 1.23. The molecule has 0 saturated carbocycles. The van der Waals surface area contributed by atoms with E-state index >= 15 is 0 Å². The van der Waals surface area contributed by atoms with Crippen molar-refractivity contribution in [1.29, 1.82) is 0 Å². The Bertz CT molecular complexity index is 575. The molecule has 0 aliphatic rings. The van der Waals surface area contributed by atoms with Crippen molar-refractivity contribution in [2.24, 2.45) is 0 Å².